The molecule has 2 fully saturated rings. The van der Waals surface area contributed by atoms with Crippen molar-refractivity contribution in [2.24, 2.45) is 5.92 Å². The second-order valence-corrected chi connectivity index (χ2v) is 7.55. The number of rotatable bonds is 4. The maximum Gasteiger partial charge on any atom is 0.251 e. The van der Waals surface area contributed by atoms with Crippen molar-refractivity contribution < 1.29 is 14.4 Å². The Labute approximate surface area is 160 Å². The van der Waals surface area contributed by atoms with Crippen LogP contribution in [0.4, 0.5) is 0 Å². The molecule has 2 saturated heterocycles. The molecule has 1 aromatic rings. The zero-order valence-corrected chi connectivity index (χ0v) is 16.0. The molecule has 0 aromatic heterocycles. The van der Waals surface area contributed by atoms with E-state index in [-0.39, 0.29) is 23.6 Å². The second kappa shape index (κ2) is 9.02. The topological polar surface area (TPSA) is 69.7 Å². The van der Waals surface area contributed by atoms with Crippen molar-refractivity contribution >= 4 is 17.7 Å². The molecule has 0 aliphatic carbocycles. The van der Waals surface area contributed by atoms with Crippen LogP contribution >= 0.6 is 0 Å². The Morgan fingerprint density at radius 2 is 1.56 bits per heavy atom. The molecule has 0 spiro atoms. The number of likely N-dealkylation sites (tertiary alicyclic amines) is 2. The lowest BCUT2D eigenvalue weighted by molar-refractivity contribution is -0.136. The summed E-state index contributed by atoms with van der Waals surface area (Å²) in [6, 6.07) is 8.50. The fourth-order valence-corrected chi connectivity index (χ4v) is 4.05. The highest BCUT2D eigenvalue weighted by atomic mass is 16.2. The molecular weight excluding hydrogens is 342 g/mol. The second-order valence-electron chi connectivity index (χ2n) is 7.55. The van der Waals surface area contributed by atoms with Gasteiger partial charge < -0.3 is 15.1 Å². The predicted molar refractivity (Wildman–Crippen MR) is 103 cm³/mol. The van der Waals surface area contributed by atoms with Crippen LogP contribution in [-0.4, -0.2) is 59.7 Å². The van der Waals surface area contributed by atoms with E-state index in [1.165, 1.54) is 0 Å². The molecule has 27 heavy (non-hydrogen) atoms. The summed E-state index contributed by atoms with van der Waals surface area (Å²) in [5.41, 5.74) is 0.565. The van der Waals surface area contributed by atoms with Crippen LogP contribution in [0.25, 0.3) is 0 Å². The Hall–Kier alpha value is -2.37. The molecule has 3 rings (SSSR count). The zero-order valence-electron chi connectivity index (χ0n) is 16.0. The lowest BCUT2D eigenvalue weighted by atomic mass is 9.87. The highest BCUT2D eigenvalue weighted by Gasteiger charge is 2.36. The molecule has 6 heteroatoms. The summed E-state index contributed by atoms with van der Waals surface area (Å²) in [7, 11) is 0. The van der Waals surface area contributed by atoms with E-state index in [0.717, 1.165) is 45.2 Å². The molecule has 1 aromatic carbocycles. The maximum atomic E-state index is 13.2. The van der Waals surface area contributed by atoms with Crippen LogP contribution in [0.3, 0.4) is 0 Å². The highest BCUT2D eigenvalue weighted by Crippen LogP contribution is 2.24. The number of carbonyl (C=O) groups excluding carboxylic acids is 3. The number of benzene rings is 1. The van der Waals surface area contributed by atoms with E-state index in [0.29, 0.717) is 18.7 Å². The minimum absolute atomic E-state index is 0.0280. The van der Waals surface area contributed by atoms with Gasteiger partial charge in [0, 0.05) is 38.7 Å². The van der Waals surface area contributed by atoms with Crippen LogP contribution in [0.1, 0.15) is 49.4 Å². The third-order valence-electron chi connectivity index (χ3n) is 5.71. The summed E-state index contributed by atoms with van der Waals surface area (Å²) in [4.78, 5) is 41.2. The van der Waals surface area contributed by atoms with E-state index in [1.54, 1.807) is 19.1 Å². The molecule has 3 amide bonds. The molecule has 146 valence electrons. The molecule has 0 saturated carbocycles. The average molecular weight is 371 g/mol. The molecule has 0 bridgehead atoms. The molecule has 1 atom stereocenters. The highest BCUT2D eigenvalue weighted by molar-refractivity contribution is 5.97. The molecule has 6 nitrogen and oxygen atoms in total. The minimum Gasteiger partial charge on any atom is -0.343 e. The Balaban J connectivity index is 1.73. The van der Waals surface area contributed by atoms with Crippen molar-refractivity contribution in [3.05, 3.63) is 35.9 Å². The van der Waals surface area contributed by atoms with Gasteiger partial charge in [-0.2, -0.15) is 0 Å². The van der Waals surface area contributed by atoms with Gasteiger partial charge in [0.1, 0.15) is 6.04 Å². The van der Waals surface area contributed by atoms with Gasteiger partial charge in [-0.05, 0) is 50.2 Å². The molecule has 0 unspecified atom stereocenters. The van der Waals surface area contributed by atoms with E-state index in [4.69, 9.17) is 0 Å². The summed E-state index contributed by atoms with van der Waals surface area (Å²) in [5, 5.41) is 3.01. The summed E-state index contributed by atoms with van der Waals surface area (Å²) < 4.78 is 0. The number of nitrogens with one attached hydrogen (secondary N) is 1. The molecular formula is C21H29N3O3. The van der Waals surface area contributed by atoms with Gasteiger partial charge in [-0.3, -0.25) is 14.4 Å². The quantitative estimate of drug-likeness (QED) is 0.881. The van der Waals surface area contributed by atoms with Gasteiger partial charge in [-0.1, -0.05) is 18.2 Å². The summed E-state index contributed by atoms with van der Waals surface area (Å²) in [6.07, 6.45) is 4.67. The van der Waals surface area contributed by atoms with Gasteiger partial charge in [0.05, 0.1) is 0 Å². The first-order valence-electron chi connectivity index (χ1n) is 9.96. The maximum absolute atomic E-state index is 13.2. The number of hydrogen-bond acceptors (Lipinski definition) is 3. The first-order chi connectivity index (χ1) is 13.1. The number of hydrogen-bond donors (Lipinski definition) is 1. The van der Waals surface area contributed by atoms with E-state index in [2.05, 4.69) is 5.32 Å². The number of amides is 3. The van der Waals surface area contributed by atoms with E-state index in [1.807, 2.05) is 28.0 Å². The van der Waals surface area contributed by atoms with Crippen LogP contribution in [0.5, 0.6) is 0 Å². The Kier molecular flexibility index (Phi) is 6.48. The predicted octanol–water partition coefficient (Wildman–Crippen LogP) is 2.06. The number of piperidine rings is 2. The van der Waals surface area contributed by atoms with Crippen LogP contribution < -0.4 is 5.32 Å². The lowest BCUT2D eigenvalue weighted by Gasteiger charge is -2.38. The van der Waals surface area contributed by atoms with Crippen LogP contribution in [0, 0.1) is 5.92 Å². The Morgan fingerprint density at radius 1 is 0.926 bits per heavy atom. The Bertz CT molecular complexity index is 663. The molecule has 2 aliphatic rings. The molecule has 2 heterocycles. The Morgan fingerprint density at radius 3 is 2.15 bits per heavy atom. The van der Waals surface area contributed by atoms with Crippen molar-refractivity contribution in [3.63, 3.8) is 0 Å². The van der Waals surface area contributed by atoms with E-state index >= 15 is 0 Å². The largest absolute Gasteiger partial charge is 0.343 e. The molecule has 0 radical (unpaired) electrons. The van der Waals surface area contributed by atoms with Crippen molar-refractivity contribution in [2.75, 3.05) is 26.2 Å². The van der Waals surface area contributed by atoms with Crippen LogP contribution in [0.2, 0.25) is 0 Å². The SMILES string of the molecule is CC(=O)N1CCC([C@@H](NC(=O)c2ccccc2)C(=O)N2CCCCC2)CC1. The standard InChI is InChI=1S/C21H29N3O3/c1-16(25)23-14-10-17(11-15-23)19(21(27)24-12-6-3-7-13-24)22-20(26)18-8-4-2-5-9-18/h2,4-5,8-9,17,19H,3,6-7,10-15H2,1H3,(H,22,26)/t19-/m1/s1. The van der Waals surface area contributed by atoms with Crippen molar-refractivity contribution in [1.82, 2.24) is 15.1 Å². The molecule has 1 N–H and O–H groups in total. The van der Waals surface area contributed by atoms with Gasteiger partial charge in [-0.25, -0.2) is 0 Å². The van der Waals surface area contributed by atoms with Crippen LogP contribution in [-0.2, 0) is 9.59 Å². The fourth-order valence-electron chi connectivity index (χ4n) is 4.05. The average Bonchev–Trinajstić information content (AvgIpc) is 2.72. The van der Waals surface area contributed by atoms with Crippen molar-refractivity contribution in [2.45, 2.75) is 45.1 Å². The summed E-state index contributed by atoms with van der Waals surface area (Å²) in [6.45, 7) is 4.40. The minimum atomic E-state index is -0.523. The summed E-state index contributed by atoms with van der Waals surface area (Å²) in [5.74, 6) is -0.0522. The molecule has 2 aliphatic heterocycles. The van der Waals surface area contributed by atoms with E-state index < -0.39 is 6.04 Å². The fraction of sp³-hybridized carbons (Fsp3) is 0.571. The van der Waals surface area contributed by atoms with Crippen molar-refractivity contribution in [1.29, 1.82) is 0 Å². The first-order valence-corrected chi connectivity index (χ1v) is 9.96. The zero-order chi connectivity index (χ0) is 19.2. The normalized spacial score (nSPS) is 19.4. The smallest absolute Gasteiger partial charge is 0.251 e. The van der Waals surface area contributed by atoms with E-state index in [9.17, 15) is 14.4 Å². The van der Waals surface area contributed by atoms with Gasteiger partial charge >= 0.3 is 0 Å². The van der Waals surface area contributed by atoms with Gasteiger partial charge in [0.25, 0.3) is 5.91 Å². The first kappa shape index (κ1) is 19.4. The van der Waals surface area contributed by atoms with Gasteiger partial charge in [0.2, 0.25) is 11.8 Å². The third kappa shape index (κ3) is 4.87. The third-order valence-corrected chi connectivity index (χ3v) is 5.71. The van der Waals surface area contributed by atoms with Gasteiger partial charge in [0.15, 0.2) is 0 Å². The number of nitrogens with zero attached hydrogens (tertiary/aromatic N) is 2. The van der Waals surface area contributed by atoms with Crippen LogP contribution in [0.15, 0.2) is 30.3 Å². The monoisotopic (exact) mass is 371 g/mol. The summed E-state index contributed by atoms with van der Waals surface area (Å²) >= 11 is 0. The van der Waals surface area contributed by atoms with Gasteiger partial charge in [-0.15, -0.1) is 0 Å². The number of carbonyl (C=O) groups is 3. The lowest BCUT2D eigenvalue weighted by Crippen LogP contribution is -2.55. The van der Waals surface area contributed by atoms with Crippen molar-refractivity contribution in [3.8, 4) is 0 Å².